The van der Waals surface area contributed by atoms with Gasteiger partial charge in [-0.05, 0) is 48.9 Å². The van der Waals surface area contributed by atoms with Crippen LogP contribution in [0.2, 0.25) is 5.02 Å². The number of rotatable bonds is 7. The number of carbonyl (C=O) groups is 2. The molecule has 0 spiro atoms. The van der Waals surface area contributed by atoms with Crippen molar-refractivity contribution in [2.45, 2.75) is 13.0 Å². The van der Waals surface area contributed by atoms with Gasteiger partial charge in [0, 0.05) is 22.0 Å². The molecule has 0 aliphatic carbocycles. The predicted octanol–water partition coefficient (Wildman–Crippen LogP) is 4.88. The second-order valence-electron chi connectivity index (χ2n) is 6.60. The second-order valence-corrected chi connectivity index (χ2v) is 7.04. The lowest BCUT2D eigenvalue weighted by molar-refractivity contribution is -0.114. The van der Waals surface area contributed by atoms with Crippen LogP contribution in [0.5, 0.6) is 0 Å². The highest BCUT2D eigenvalue weighted by Gasteiger charge is 2.12. The number of benzene rings is 3. The summed E-state index contributed by atoms with van der Waals surface area (Å²) >= 11 is 5.92. The van der Waals surface area contributed by atoms with Gasteiger partial charge in [-0.25, -0.2) is 0 Å². The summed E-state index contributed by atoms with van der Waals surface area (Å²) in [5.74, 6) is -0.381. The number of anilines is 2. The average Bonchev–Trinajstić information content (AvgIpc) is 2.73. The van der Waals surface area contributed by atoms with Crippen molar-refractivity contribution in [1.29, 1.82) is 0 Å². The Bertz CT molecular complexity index is 992. The fraction of sp³-hybridized carbons (Fsp3) is 0.130. The van der Waals surface area contributed by atoms with Crippen molar-refractivity contribution >= 4 is 34.8 Å². The molecular formula is C23H22ClN3O2. The van der Waals surface area contributed by atoms with Crippen molar-refractivity contribution < 1.29 is 9.59 Å². The first-order chi connectivity index (χ1) is 14.0. The molecule has 148 valence electrons. The number of hydrogen-bond acceptors (Lipinski definition) is 3. The third-order valence-corrected chi connectivity index (χ3v) is 4.57. The van der Waals surface area contributed by atoms with Gasteiger partial charge in [0.25, 0.3) is 5.91 Å². The van der Waals surface area contributed by atoms with Crippen LogP contribution >= 0.6 is 11.6 Å². The van der Waals surface area contributed by atoms with E-state index in [9.17, 15) is 9.59 Å². The van der Waals surface area contributed by atoms with Crippen molar-refractivity contribution in [2.75, 3.05) is 17.2 Å². The van der Waals surface area contributed by atoms with Gasteiger partial charge in [-0.15, -0.1) is 0 Å². The Balaban J connectivity index is 1.56. The molecule has 6 heteroatoms. The Hall–Kier alpha value is -3.31. The molecule has 0 saturated carbocycles. The molecule has 0 saturated heterocycles. The molecule has 3 aromatic rings. The maximum atomic E-state index is 12.6. The first kappa shape index (κ1) is 20.4. The van der Waals surface area contributed by atoms with E-state index in [1.54, 1.807) is 42.5 Å². The minimum Gasteiger partial charge on any atom is -0.376 e. The molecule has 0 aliphatic rings. The van der Waals surface area contributed by atoms with Crippen LogP contribution in [0, 0.1) is 0 Å². The molecule has 3 rings (SSSR count). The smallest absolute Gasteiger partial charge is 0.251 e. The Morgan fingerprint density at radius 2 is 1.62 bits per heavy atom. The average molecular weight is 408 g/mol. The zero-order valence-corrected chi connectivity index (χ0v) is 16.7. The van der Waals surface area contributed by atoms with Gasteiger partial charge < -0.3 is 16.0 Å². The van der Waals surface area contributed by atoms with E-state index in [1.165, 1.54) is 0 Å². The third kappa shape index (κ3) is 6.09. The van der Waals surface area contributed by atoms with Crippen LogP contribution < -0.4 is 16.0 Å². The van der Waals surface area contributed by atoms with Crippen molar-refractivity contribution in [3.05, 3.63) is 95.0 Å². The molecule has 3 N–H and O–H groups in total. The molecule has 1 unspecified atom stereocenters. The van der Waals surface area contributed by atoms with Crippen LogP contribution in [0.1, 0.15) is 28.9 Å². The molecule has 0 aliphatic heterocycles. The summed E-state index contributed by atoms with van der Waals surface area (Å²) in [6.45, 7) is 2.01. The molecule has 0 aromatic heterocycles. The minimum absolute atomic E-state index is 0.0675. The number of hydrogen-bond donors (Lipinski definition) is 3. The van der Waals surface area contributed by atoms with Crippen LogP contribution in [0.4, 0.5) is 11.4 Å². The van der Waals surface area contributed by atoms with E-state index in [2.05, 4.69) is 16.0 Å². The van der Waals surface area contributed by atoms with Crippen LogP contribution in [0.15, 0.2) is 78.9 Å². The van der Waals surface area contributed by atoms with Crippen molar-refractivity contribution in [3.63, 3.8) is 0 Å². The Labute approximate surface area is 175 Å². The molecule has 0 bridgehead atoms. The quantitative estimate of drug-likeness (QED) is 0.522. The fourth-order valence-electron chi connectivity index (χ4n) is 2.83. The van der Waals surface area contributed by atoms with Gasteiger partial charge >= 0.3 is 0 Å². The first-order valence-corrected chi connectivity index (χ1v) is 9.64. The van der Waals surface area contributed by atoms with E-state index >= 15 is 0 Å². The largest absolute Gasteiger partial charge is 0.376 e. The molecule has 3 aromatic carbocycles. The summed E-state index contributed by atoms with van der Waals surface area (Å²) < 4.78 is 0. The standard InChI is InChI=1S/C23H22ClN3O2/c1-16(17-7-3-2-4-8-17)26-23(29)18-9-5-11-20(13-18)25-15-22(28)27-21-12-6-10-19(24)14-21/h2-14,16,25H,15H2,1H3,(H,26,29)(H,27,28). The monoisotopic (exact) mass is 407 g/mol. The number of amides is 2. The molecule has 1 atom stereocenters. The fourth-order valence-corrected chi connectivity index (χ4v) is 3.02. The van der Waals surface area contributed by atoms with Gasteiger partial charge in [-0.3, -0.25) is 9.59 Å². The zero-order chi connectivity index (χ0) is 20.6. The maximum Gasteiger partial charge on any atom is 0.251 e. The molecule has 5 nitrogen and oxygen atoms in total. The van der Waals surface area contributed by atoms with E-state index in [0.717, 1.165) is 5.56 Å². The minimum atomic E-state index is -0.208. The summed E-state index contributed by atoms with van der Waals surface area (Å²) in [7, 11) is 0. The third-order valence-electron chi connectivity index (χ3n) is 4.33. The van der Waals surface area contributed by atoms with Crippen LogP contribution in [0.25, 0.3) is 0 Å². The van der Waals surface area contributed by atoms with E-state index in [0.29, 0.717) is 22.0 Å². The SMILES string of the molecule is CC(NC(=O)c1cccc(NCC(=O)Nc2cccc(Cl)c2)c1)c1ccccc1. The highest BCUT2D eigenvalue weighted by molar-refractivity contribution is 6.30. The lowest BCUT2D eigenvalue weighted by atomic mass is 10.1. The Morgan fingerprint density at radius 3 is 2.38 bits per heavy atom. The number of carbonyl (C=O) groups excluding carboxylic acids is 2. The maximum absolute atomic E-state index is 12.6. The van der Waals surface area contributed by atoms with Gasteiger partial charge in [0.05, 0.1) is 12.6 Å². The van der Waals surface area contributed by atoms with Crippen LogP contribution in [-0.2, 0) is 4.79 Å². The second kappa shape index (κ2) is 9.75. The van der Waals surface area contributed by atoms with E-state index in [1.807, 2.05) is 43.3 Å². The lowest BCUT2D eigenvalue weighted by Crippen LogP contribution is -2.26. The number of nitrogens with one attached hydrogen (secondary N) is 3. The van der Waals surface area contributed by atoms with Gasteiger partial charge in [0.2, 0.25) is 5.91 Å². The molecule has 0 heterocycles. The summed E-state index contributed by atoms with van der Waals surface area (Å²) in [5, 5.41) is 9.34. The summed E-state index contributed by atoms with van der Waals surface area (Å²) in [5.41, 5.74) is 2.87. The van der Waals surface area contributed by atoms with Gasteiger partial charge in [-0.1, -0.05) is 54.1 Å². The molecular weight excluding hydrogens is 386 g/mol. The lowest BCUT2D eigenvalue weighted by Gasteiger charge is -2.15. The van der Waals surface area contributed by atoms with Gasteiger partial charge in [-0.2, -0.15) is 0 Å². The predicted molar refractivity (Wildman–Crippen MR) is 117 cm³/mol. The normalized spacial score (nSPS) is 11.4. The first-order valence-electron chi connectivity index (χ1n) is 9.26. The van der Waals surface area contributed by atoms with Crippen molar-refractivity contribution in [3.8, 4) is 0 Å². The van der Waals surface area contributed by atoms with Gasteiger partial charge in [0.15, 0.2) is 0 Å². The Kier molecular flexibility index (Phi) is 6.87. The van der Waals surface area contributed by atoms with Crippen molar-refractivity contribution in [2.24, 2.45) is 0 Å². The molecule has 2 amide bonds. The van der Waals surface area contributed by atoms with Gasteiger partial charge in [0.1, 0.15) is 0 Å². The Morgan fingerprint density at radius 1 is 0.897 bits per heavy atom. The van der Waals surface area contributed by atoms with Crippen LogP contribution in [0.3, 0.4) is 0 Å². The summed E-state index contributed by atoms with van der Waals surface area (Å²) in [6, 6.07) is 23.7. The van der Waals surface area contributed by atoms with Crippen LogP contribution in [-0.4, -0.2) is 18.4 Å². The number of halogens is 1. The van der Waals surface area contributed by atoms with E-state index in [4.69, 9.17) is 11.6 Å². The highest BCUT2D eigenvalue weighted by atomic mass is 35.5. The molecule has 29 heavy (non-hydrogen) atoms. The highest BCUT2D eigenvalue weighted by Crippen LogP contribution is 2.16. The van der Waals surface area contributed by atoms with Crippen molar-refractivity contribution in [1.82, 2.24) is 5.32 Å². The summed E-state index contributed by atoms with van der Waals surface area (Å²) in [4.78, 5) is 24.7. The zero-order valence-electron chi connectivity index (χ0n) is 16.0. The molecule has 0 radical (unpaired) electrons. The van der Waals surface area contributed by atoms with E-state index in [-0.39, 0.29) is 24.4 Å². The van der Waals surface area contributed by atoms with E-state index < -0.39 is 0 Å². The molecule has 0 fully saturated rings. The topological polar surface area (TPSA) is 70.2 Å². The summed E-state index contributed by atoms with van der Waals surface area (Å²) in [6.07, 6.45) is 0.